The SMILES string of the molecule is COc1cccc2c1[C@@H](C(=O)O)c1ccccc1O2. The number of ether oxygens (including phenoxy) is 2. The maximum absolute atomic E-state index is 11.6. The van der Waals surface area contributed by atoms with Gasteiger partial charge in [-0.3, -0.25) is 4.79 Å². The molecule has 0 amide bonds. The number of para-hydroxylation sites is 1. The Balaban J connectivity index is 2.27. The van der Waals surface area contributed by atoms with Gasteiger partial charge in [-0.1, -0.05) is 24.3 Å². The van der Waals surface area contributed by atoms with Gasteiger partial charge in [-0.15, -0.1) is 0 Å². The lowest BCUT2D eigenvalue weighted by Gasteiger charge is -2.26. The zero-order valence-corrected chi connectivity index (χ0v) is 10.3. The second kappa shape index (κ2) is 4.31. The smallest absolute Gasteiger partial charge is 0.315 e. The first kappa shape index (κ1) is 11.6. The van der Waals surface area contributed by atoms with E-state index in [1.54, 1.807) is 36.4 Å². The van der Waals surface area contributed by atoms with Crippen molar-refractivity contribution in [2.45, 2.75) is 5.92 Å². The van der Waals surface area contributed by atoms with E-state index in [1.807, 2.05) is 6.07 Å². The lowest BCUT2D eigenvalue weighted by atomic mass is 9.87. The Morgan fingerprint density at radius 3 is 2.63 bits per heavy atom. The van der Waals surface area contributed by atoms with Crippen LogP contribution in [0.4, 0.5) is 0 Å². The first-order valence-electron chi connectivity index (χ1n) is 5.89. The van der Waals surface area contributed by atoms with E-state index in [0.717, 1.165) is 0 Å². The summed E-state index contributed by atoms with van der Waals surface area (Å²) in [6.45, 7) is 0. The monoisotopic (exact) mass is 256 g/mol. The van der Waals surface area contributed by atoms with Gasteiger partial charge < -0.3 is 14.6 Å². The van der Waals surface area contributed by atoms with Crippen LogP contribution in [0.3, 0.4) is 0 Å². The Morgan fingerprint density at radius 1 is 1.16 bits per heavy atom. The van der Waals surface area contributed by atoms with Crippen molar-refractivity contribution in [1.82, 2.24) is 0 Å². The first-order valence-corrected chi connectivity index (χ1v) is 5.89. The van der Waals surface area contributed by atoms with Gasteiger partial charge in [0.25, 0.3) is 0 Å². The molecule has 0 saturated carbocycles. The van der Waals surface area contributed by atoms with Crippen LogP contribution in [0.5, 0.6) is 17.2 Å². The summed E-state index contributed by atoms with van der Waals surface area (Å²) < 4.78 is 11.0. The second-order valence-electron chi connectivity index (χ2n) is 4.28. The number of hydrogen-bond acceptors (Lipinski definition) is 3. The number of methoxy groups -OCH3 is 1. The van der Waals surface area contributed by atoms with Crippen LogP contribution < -0.4 is 9.47 Å². The summed E-state index contributed by atoms with van der Waals surface area (Å²) in [5, 5.41) is 9.54. The van der Waals surface area contributed by atoms with E-state index < -0.39 is 11.9 Å². The van der Waals surface area contributed by atoms with Gasteiger partial charge in [-0.2, -0.15) is 0 Å². The van der Waals surface area contributed by atoms with Crippen molar-refractivity contribution < 1.29 is 19.4 Å². The van der Waals surface area contributed by atoms with E-state index in [9.17, 15) is 9.90 Å². The van der Waals surface area contributed by atoms with Gasteiger partial charge >= 0.3 is 5.97 Å². The molecule has 2 aromatic rings. The van der Waals surface area contributed by atoms with Crippen LogP contribution in [0.15, 0.2) is 42.5 Å². The summed E-state index contributed by atoms with van der Waals surface area (Å²) in [6.07, 6.45) is 0. The highest BCUT2D eigenvalue weighted by Crippen LogP contribution is 2.47. The van der Waals surface area contributed by atoms with E-state index in [2.05, 4.69) is 0 Å². The van der Waals surface area contributed by atoms with Gasteiger partial charge in [0.1, 0.15) is 23.2 Å². The fraction of sp³-hybridized carbons (Fsp3) is 0.133. The number of benzene rings is 2. The molecule has 0 aromatic heterocycles. The Kier molecular flexibility index (Phi) is 2.63. The maximum Gasteiger partial charge on any atom is 0.315 e. The van der Waals surface area contributed by atoms with Crippen molar-refractivity contribution in [1.29, 1.82) is 0 Å². The molecule has 1 aliphatic rings. The highest BCUT2D eigenvalue weighted by atomic mass is 16.5. The number of carboxylic acids is 1. The molecular weight excluding hydrogens is 244 g/mol. The molecule has 0 saturated heterocycles. The number of aliphatic carboxylic acids is 1. The molecule has 1 heterocycles. The predicted molar refractivity (Wildman–Crippen MR) is 69.0 cm³/mol. The fourth-order valence-electron chi connectivity index (χ4n) is 2.42. The van der Waals surface area contributed by atoms with Crippen molar-refractivity contribution in [2.75, 3.05) is 7.11 Å². The van der Waals surface area contributed by atoms with Gasteiger partial charge in [-0.25, -0.2) is 0 Å². The molecule has 2 aromatic carbocycles. The molecular formula is C15H12O4. The summed E-state index contributed by atoms with van der Waals surface area (Å²) in [4.78, 5) is 11.6. The average molecular weight is 256 g/mol. The van der Waals surface area contributed by atoms with Gasteiger partial charge in [0.2, 0.25) is 0 Å². The van der Waals surface area contributed by atoms with Gasteiger partial charge in [0.15, 0.2) is 0 Å². The second-order valence-corrected chi connectivity index (χ2v) is 4.28. The zero-order valence-electron chi connectivity index (χ0n) is 10.3. The first-order chi connectivity index (χ1) is 9.22. The summed E-state index contributed by atoms with van der Waals surface area (Å²) in [5.41, 5.74) is 1.21. The molecule has 4 nitrogen and oxygen atoms in total. The van der Waals surface area contributed by atoms with Crippen molar-refractivity contribution >= 4 is 5.97 Å². The average Bonchev–Trinajstić information content (AvgIpc) is 2.43. The molecule has 3 rings (SSSR count). The molecule has 0 aliphatic carbocycles. The third-order valence-electron chi connectivity index (χ3n) is 3.23. The third kappa shape index (κ3) is 1.73. The molecule has 0 spiro atoms. The third-order valence-corrected chi connectivity index (χ3v) is 3.23. The Hall–Kier alpha value is -2.49. The highest BCUT2D eigenvalue weighted by Gasteiger charge is 2.34. The minimum absolute atomic E-state index is 0.527. The van der Waals surface area contributed by atoms with Crippen molar-refractivity contribution in [3.63, 3.8) is 0 Å². The molecule has 1 N–H and O–H groups in total. The number of carboxylic acid groups (broad SMARTS) is 1. The molecule has 0 fully saturated rings. The topological polar surface area (TPSA) is 55.8 Å². The van der Waals surface area contributed by atoms with E-state index in [-0.39, 0.29) is 0 Å². The molecule has 0 radical (unpaired) electrons. The Morgan fingerprint density at radius 2 is 1.89 bits per heavy atom. The molecule has 0 unspecified atom stereocenters. The van der Waals surface area contributed by atoms with Gasteiger partial charge in [0, 0.05) is 5.56 Å². The summed E-state index contributed by atoms with van der Waals surface area (Å²) in [7, 11) is 1.52. The largest absolute Gasteiger partial charge is 0.496 e. The standard InChI is InChI=1S/C15H12O4/c1-18-11-7-4-8-12-14(11)13(15(16)17)9-5-2-3-6-10(9)19-12/h2-8,13H,1H3,(H,16,17)/t13-/m0/s1. The van der Waals surface area contributed by atoms with E-state index in [1.165, 1.54) is 7.11 Å². The molecule has 1 aliphatic heterocycles. The predicted octanol–water partition coefficient (Wildman–Crippen LogP) is 3.02. The van der Waals surface area contributed by atoms with Gasteiger partial charge in [0.05, 0.1) is 12.7 Å². The van der Waals surface area contributed by atoms with E-state index in [4.69, 9.17) is 9.47 Å². The fourth-order valence-corrected chi connectivity index (χ4v) is 2.42. The molecule has 4 heteroatoms. The molecule has 19 heavy (non-hydrogen) atoms. The zero-order chi connectivity index (χ0) is 13.4. The summed E-state index contributed by atoms with van der Waals surface area (Å²) >= 11 is 0. The van der Waals surface area contributed by atoms with Crippen LogP contribution in [-0.4, -0.2) is 18.2 Å². The van der Waals surface area contributed by atoms with Crippen LogP contribution in [0.2, 0.25) is 0 Å². The van der Waals surface area contributed by atoms with Crippen LogP contribution in [0.25, 0.3) is 0 Å². The van der Waals surface area contributed by atoms with Crippen molar-refractivity contribution in [3.8, 4) is 17.2 Å². The minimum Gasteiger partial charge on any atom is -0.496 e. The van der Waals surface area contributed by atoms with Crippen LogP contribution in [-0.2, 0) is 4.79 Å². The lowest BCUT2D eigenvalue weighted by molar-refractivity contribution is -0.137. The lowest BCUT2D eigenvalue weighted by Crippen LogP contribution is -2.19. The maximum atomic E-state index is 11.6. The highest BCUT2D eigenvalue weighted by molar-refractivity contribution is 5.85. The minimum atomic E-state index is -0.915. The molecule has 1 atom stereocenters. The Bertz CT molecular complexity index is 648. The van der Waals surface area contributed by atoms with E-state index in [0.29, 0.717) is 28.4 Å². The summed E-state index contributed by atoms with van der Waals surface area (Å²) in [6, 6.07) is 12.4. The van der Waals surface area contributed by atoms with Crippen molar-refractivity contribution in [2.24, 2.45) is 0 Å². The molecule has 96 valence electrons. The van der Waals surface area contributed by atoms with Crippen LogP contribution >= 0.6 is 0 Å². The number of hydrogen-bond donors (Lipinski definition) is 1. The van der Waals surface area contributed by atoms with Gasteiger partial charge in [-0.05, 0) is 18.2 Å². The number of fused-ring (bicyclic) bond motifs is 2. The number of carbonyl (C=O) groups is 1. The van der Waals surface area contributed by atoms with Crippen LogP contribution in [0, 0.1) is 0 Å². The quantitative estimate of drug-likeness (QED) is 0.897. The van der Waals surface area contributed by atoms with Crippen molar-refractivity contribution in [3.05, 3.63) is 53.6 Å². The van der Waals surface area contributed by atoms with Crippen LogP contribution in [0.1, 0.15) is 17.0 Å². The molecule has 0 bridgehead atoms. The number of rotatable bonds is 2. The van der Waals surface area contributed by atoms with E-state index >= 15 is 0 Å². The summed E-state index contributed by atoms with van der Waals surface area (Å²) in [5.74, 6) is -0.0434. The Labute approximate surface area is 110 Å². The normalized spacial score (nSPS) is 15.9.